The second-order valence-electron chi connectivity index (χ2n) is 6.83. The molecule has 0 spiro atoms. The van der Waals surface area contributed by atoms with Crippen molar-refractivity contribution < 1.29 is 14.3 Å². The zero-order valence-electron chi connectivity index (χ0n) is 17.5. The van der Waals surface area contributed by atoms with Crippen LogP contribution in [0.15, 0.2) is 36.5 Å². The Labute approximate surface area is 176 Å². The van der Waals surface area contributed by atoms with Crippen LogP contribution in [0.5, 0.6) is 11.5 Å². The van der Waals surface area contributed by atoms with Gasteiger partial charge in [-0.3, -0.25) is 4.98 Å². The minimum Gasteiger partial charge on any atom is -0.497 e. The molecule has 1 unspecified atom stereocenters. The van der Waals surface area contributed by atoms with Crippen LogP contribution in [0, 0.1) is 0 Å². The molecular weight excluding hydrogens is 382 g/mol. The number of pyridine rings is 1. The molecule has 158 valence electrons. The van der Waals surface area contributed by atoms with Crippen molar-refractivity contribution in [2.75, 3.05) is 24.9 Å². The topological polar surface area (TPSA) is 98.3 Å². The van der Waals surface area contributed by atoms with E-state index in [1.54, 1.807) is 20.4 Å². The zero-order valence-corrected chi connectivity index (χ0v) is 17.5. The molecule has 2 heterocycles. The second kappa shape index (κ2) is 10.4. The summed E-state index contributed by atoms with van der Waals surface area (Å²) in [6.45, 7) is 2.56. The van der Waals surface area contributed by atoms with Gasteiger partial charge in [0.1, 0.15) is 23.3 Å². The van der Waals surface area contributed by atoms with Crippen molar-refractivity contribution >= 4 is 29.1 Å². The molecule has 2 aromatic heterocycles. The maximum absolute atomic E-state index is 11.5. The van der Waals surface area contributed by atoms with Crippen LogP contribution >= 0.6 is 0 Å². The smallest absolute Gasteiger partial charge is 0.225 e. The molecule has 0 aliphatic carbocycles. The Morgan fingerprint density at radius 3 is 2.77 bits per heavy atom. The summed E-state index contributed by atoms with van der Waals surface area (Å²) in [6.07, 6.45) is 5.32. The van der Waals surface area contributed by atoms with E-state index in [1.807, 2.05) is 30.3 Å². The number of methoxy groups -OCH3 is 2. The molecule has 2 N–H and O–H groups in total. The standard InChI is InChI=1S/C22H27N5O3/c1-4-5-7-16(14-28)25-21-20-18(8-6-11-23-20)26-22(27-21)24-13-15-9-10-17(29-2)12-19(15)30-3/h6,8-12,14,16H,4-5,7,13H2,1-3H3,(H2,24,25,26,27). The second-order valence-corrected chi connectivity index (χ2v) is 6.83. The average Bonchev–Trinajstić information content (AvgIpc) is 2.80. The van der Waals surface area contributed by atoms with Gasteiger partial charge in [0.25, 0.3) is 0 Å². The van der Waals surface area contributed by atoms with Gasteiger partial charge in [-0.2, -0.15) is 4.98 Å². The third-order valence-corrected chi connectivity index (χ3v) is 4.74. The lowest BCUT2D eigenvalue weighted by Gasteiger charge is -2.16. The summed E-state index contributed by atoms with van der Waals surface area (Å²) in [6, 6.07) is 9.01. The van der Waals surface area contributed by atoms with E-state index in [0.29, 0.717) is 35.1 Å². The summed E-state index contributed by atoms with van der Waals surface area (Å²) >= 11 is 0. The van der Waals surface area contributed by atoms with Crippen LogP contribution in [-0.4, -0.2) is 41.5 Å². The van der Waals surface area contributed by atoms with Crippen molar-refractivity contribution in [3.63, 3.8) is 0 Å². The summed E-state index contributed by atoms with van der Waals surface area (Å²) in [7, 11) is 3.24. The normalized spacial score (nSPS) is 11.7. The summed E-state index contributed by atoms with van der Waals surface area (Å²) in [5.41, 5.74) is 2.27. The number of aldehydes is 1. The fraction of sp³-hybridized carbons (Fsp3) is 0.364. The molecule has 0 aliphatic rings. The maximum atomic E-state index is 11.5. The molecule has 1 aromatic carbocycles. The molecular formula is C22H27N5O3. The Bertz CT molecular complexity index is 996. The first-order chi connectivity index (χ1) is 14.7. The largest absolute Gasteiger partial charge is 0.497 e. The monoisotopic (exact) mass is 409 g/mol. The Kier molecular flexibility index (Phi) is 7.37. The third kappa shape index (κ3) is 5.14. The first kappa shape index (κ1) is 21.3. The van der Waals surface area contributed by atoms with E-state index >= 15 is 0 Å². The summed E-state index contributed by atoms with van der Waals surface area (Å²) in [5.74, 6) is 2.42. The number of carbonyl (C=O) groups is 1. The average molecular weight is 409 g/mol. The van der Waals surface area contributed by atoms with E-state index in [-0.39, 0.29) is 6.04 Å². The highest BCUT2D eigenvalue weighted by molar-refractivity contribution is 5.87. The van der Waals surface area contributed by atoms with Crippen LogP contribution in [0.2, 0.25) is 0 Å². The van der Waals surface area contributed by atoms with Crippen molar-refractivity contribution in [1.82, 2.24) is 15.0 Å². The molecule has 0 amide bonds. The molecule has 8 nitrogen and oxygen atoms in total. The van der Waals surface area contributed by atoms with Crippen molar-refractivity contribution in [2.45, 2.75) is 38.8 Å². The Hall–Kier alpha value is -3.42. The number of benzene rings is 1. The van der Waals surface area contributed by atoms with Gasteiger partial charge in [0.2, 0.25) is 5.95 Å². The van der Waals surface area contributed by atoms with Gasteiger partial charge in [0.05, 0.1) is 25.8 Å². The van der Waals surface area contributed by atoms with Gasteiger partial charge in [-0.05, 0) is 30.7 Å². The predicted octanol–water partition coefficient (Wildman–Crippen LogP) is 3.82. The molecule has 0 saturated carbocycles. The highest BCUT2D eigenvalue weighted by atomic mass is 16.5. The number of hydrogen-bond donors (Lipinski definition) is 2. The summed E-state index contributed by atoms with van der Waals surface area (Å²) in [4.78, 5) is 25.0. The summed E-state index contributed by atoms with van der Waals surface area (Å²) < 4.78 is 10.7. The Morgan fingerprint density at radius 2 is 2.03 bits per heavy atom. The number of anilines is 2. The summed E-state index contributed by atoms with van der Waals surface area (Å²) in [5, 5.41) is 6.46. The number of fused-ring (bicyclic) bond motifs is 1. The number of rotatable bonds is 11. The zero-order chi connectivity index (χ0) is 21.3. The van der Waals surface area contributed by atoms with Gasteiger partial charge in [0.15, 0.2) is 5.82 Å². The van der Waals surface area contributed by atoms with Crippen molar-refractivity contribution in [1.29, 1.82) is 0 Å². The van der Waals surface area contributed by atoms with Gasteiger partial charge in [-0.15, -0.1) is 0 Å². The lowest BCUT2D eigenvalue weighted by Crippen LogP contribution is -2.22. The molecule has 0 bridgehead atoms. The predicted molar refractivity (Wildman–Crippen MR) is 117 cm³/mol. The van der Waals surface area contributed by atoms with Gasteiger partial charge in [-0.1, -0.05) is 19.8 Å². The van der Waals surface area contributed by atoms with Gasteiger partial charge in [-0.25, -0.2) is 4.98 Å². The molecule has 3 rings (SSSR count). The van der Waals surface area contributed by atoms with Crippen molar-refractivity contribution in [3.8, 4) is 11.5 Å². The molecule has 3 aromatic rings. The Morgan fingerprint density at radius 1 is 1.17 bits per heavy atom. The van der Waals surface area contributed by atoms with E-state index < -0.39 is 0 Å². The van der Waals surface area contributed by atoms with Crippen LogP contribution in [0.3, 0.4) is 0 Å². The van der Waals surface area contributed by atoms with Crippen molar-refractivity contribution in [3.05, 3.63) is 42.1 Å². The van der Waals surface area contributed by atoms with Gasteiger partial charge < -0.3 is 24.9 Å². The molecule has 30 heavy (non-hydrogen) atoms. The van der Waals surface area contributed by atoms with Crippen LogP contribution < -0.4 is 20.1 Å². The molecule has 1 atom stereocenters. The fourth-order valence-corrected chi connectivity index (χ4v) is 3.09. The van der Waals surface area contributed by atoms with E-state index in [2.05, 4.69) is 32.5 Å². The first-order valence-corrected chi connectivity index (χ1v) is 9.97. The molecule has 8 heteroatoms. The number of carbonyl (C=O) groups excluding carboxylic acids is 1. The quantitative estimate of drug-likeness (QED) is 0.461. The third-order valence-electron chi connectivity index (χ3n) is 4.74. The number of unbranched alkanes of at least 4 members (excludes halogenated alkanes) is 1. The first-order valence-electron chi connectivity index (χ1n) is 9.97. The highest BCUT2D eigenvalue weighted by Crippen LogP contribution is 2.26. The number of aromatic nitrogens is 3. The van der Waals surface area contributed by atoms with Gasteiger partial charge in [0, 0.05) is 24.4 Å². The minimum atomic E-state index is -0.320. The van der Waals surface area contributed by atoms with E-state index in [0.717, 1.165) is 36.9 Å². The number of nitrogens with zero attached hydrogens (tertiary/aromatic N) is 3. The SMILES string of the molecule is CCCCC(C=O)Nc1nc(NCc2ccc(OC)cc2OC)nc2cccnc12. The minimum absolute atomic E-state index is 0.320. The van der Waals surface area contributed by atoms with Crippen LogP contribution in [0.4, 0.5) is 11.8 Å². The lowest BCUT2D eigenvalue weighted by molar-refractivity contribution is -0.108. The fourth-order valence-electron chi connectivity index (χ4n) is 3.09. The maximum Gasteiger partial charge on any atom is 0.225 e. The number of ether oxygens (including phenoxy) is 2. The van der Waals surface area contributed by atoms with E-state index in [1.165, 1.54) is 0 Å². The van der Waals surface area contributed by atoms with Crippen molar-refractivity contribution in [2.24, 2.45) is 0 Å². The van der Waals surface area contributed by atoms with E-state index in [4.69, 9.17) is 9.47 Å². The molecule has 0 radical (unpaired) electrons. The Balaban J connectivity index is 1.85. The molecule has 0 fully saturated rings. The van der Waals surface area contributed by atoms with Crippen LogP contribution in [-0.2, 0) is 11.3 Å². The van der Waals surface area contributed by atoms with Crippen LogP contribution in [0.25, 0.3) is 11.0 Å². The van der Waals surface area contributed by atoms with Crippen LogP contribution in [0.1, 0.15) is 31.7 Å². The van der Waals surface area contributed by atoms with Gasteiger partial charge >= 0.3 is 0 Å². The highest BCUT2D eigenvalue weighted by Gasteiger charge is 2.14. The number of nitrogens with one attached hydrogen (secondary N) is 2. The molecule has 0 saturated heterocycles. The molecule has 0 aliphatic heterocycles. The van der Waals surface area contributed by atoms with E-state index in [9.17, 15) is 4.79 Å². The lowest BCUT2D eigenvalue weighted by atomic mass is 10.1. The number of hydrogen-bond acceptors (Lipinski definition) is 8.